The number of rotatable bonds is 2. The highest BCUT2D eigenvalue weighted by Crippen LogP contribution is 2.40. The van der Waals surface area contributed by atoms with Crippen LogP contribution in [0.1, 0.15) is 19.3 Å². The highest BCUT2D eigenvalue weighted by molar-refractivity contribution is 5.85. The number of hydrogen-bond donors (Lipinski definition) is 1. The Hall–Kier alpha value is -2.50. The molecule has 0 saturated carbocycles. The summed E-state index contributed by atoms with van der Waals surface area (Å²) in [6.07, 6.45) is 5.93. The SMILES string of the molecule is O=C1NCCC12CCN(c1cncnc1-c1ccc(F)cc1)CC2. The number of benzene rings is 1. The van der Waals surface area contributed by atoms with Crippen LogP contribution in [0.2, 0.25) is 0 Å². The van der Waals surface area contributed by atoms with E-state index in [-0.39, 0.29) is 17.1 Å². The lowest BCUT2D eigenvalue weighted by atomic mass is 9.77. The summed E-state index contributed by atoms with van der Waals surface area (Å²) in [5.41, 5.74) is 2.42. The van der Waals surface area contributed by atoms with Gasteiger partial charge in [-0.2, -0.15) is 0 Å². The van der Waals surface area contributed by atoms with E-state index < -0.39 is 0 Å². The van der Waals surface area contributed by atoms with Crippen molar-refractivity contribution < 1.29 is 9.18 Å². The second kappa shape index (κ2) is 5.85. The number of piperidine rings is 1. The van der Waals surface area contributed by atoms with E-state index in [4.69, 9.17) is 0 Å². The van der Waals surface area contributed by atoms with Gasteiger partial charge in [0.2, 0.25) is 5.91 Å². The van der Waals surface area contributed by atoms with Crippen LogP contribution in [0.4, 0.5) is 10.1 Å². The standard InChI is InChI=1S/C18H19FN4O/c19-14-3-1-13(2-4-14)16-15(11-20-12-22-16)23-9-6-18(7-10-23)5-8-21-17(18)24/h1-4,11-12H,5-10H2,(H,21,24). The summed E-state index contributed by atoms with van der Waals surface area (Å²) in [7, 11) is 0. The van der Waals surface area contributed by atoms with Gasteiger partial charge < -0.3 is 10.2 Å². The number of amides is 1. The monoisotopic (exact) mass is 326 g/mol. The van der Waals surface area contributed by atoms with E-state index in [1.54, 1.807) is 18.3 Å². The molecule has 2 aromatic rings. The van der Waals surface area contributed by atoms with Crippen molar-refractivity contribution in [3.05, 3.63) is 42.6 Å². The second-order valence-electron chi connectivity index (χ2n) is 6.54. The van der Waals surface area contributed by atoms with Gasteiger partial charge in [0.25, 0.3) is 0 Å². The maximum Gasteiger partial charge on any atom is 0.226 e. The van der Waals surface area contributed by atoms with Crippen LogP contribution in [0.5, 0.6) is 0 Å². The molecule has 2 saturated heterocycles. The van der Waals surface area contributed by atoms with Gasteiger partial charge in [-0.05, 0) is 43.5 Å². The van der Waals surface area contributed by atoms with E-state index in [9.17, 15) is 9.18 Å². The van der Waals surface area contributed by atoms with Crippen molar-refractivity contribution in [2.45, 2.75) is 19.3 Å². The summed E-state index contributed by atoms with van der Waals surface area (Å²) in [4.78, 5) is 22.9. The first-order chi connectivity index (χ1) is 11.7. The molecule has 2 fully saturated rings. The van der Waals surface area contributed by atoms with Crippen LogP contribution in [-0.4, -0.2) is 35.5 Å². The molecular formula is C18H19FN4O. The third-order valence-electron chi connectivity index (χ3n) is 5.24. The topological polar surface area (TPSA) is 58.1 Å². The molecule has 2 aliphatic rings. The second-order valence-corrected chi connectivity index (χ2v) is 6.54. The molecule has 0 radical (unpaired) electrons. The first-order valence-electron chi connectivity index (χ1n) is 8.27. The van der Waals surface area contributed by atoms with Gasteiger partial charge in [-0.25, -0.2) is 14.4 Å². The highest BCUT2D eigenvalue weighted by Gasteiger charge is 2.44. The van der Waals surface area contributed by atoms with Crippen LogP contribution in [0.15, 0.2) is 36.8 Å². The molecule has 5 nitrogen and oxygen atoms in total. The molecule has 0 bridgehead atoms. The first kappa shape index (κ1) is 15.1. The average Bonchev–Trinajstić information content (AvgIpc) is 2.97. The Kier molecular flexibility index (Phi) is 3.67. The summed E-state index contributed by atoms with van der Waals surface area (Å²) >= 11 is 0. The van der Waals surface area contributed by atoms with Crippen molar-refractivity contribution >= 4 is 11.6 Å². The minimum Gasteiger partial charge on any atom is -0.368 e. The van der Waals surface area contributed by atoms with Gasteiger partial charge in [0, 0.05) is 25.2 Å². The zero-order valence-electron chi connectivity index (χ0n) is 13.3. The normalized spacial score (nSPS) is 19.5. The van der Waals surface area contributed by atoms with E-state index in [1.807, 2.05) is 0 Å². The number of carbonyl (C=O) groups is 1. The summed E-state index contributed by atoms with van der Waals surface area (Å²) in [6, 6.07) is 6.35. The third kappa shape index (κ3) is 2.52. The molecule has 3 heterocycles. The zero-order chi connectivity index (χ0) is 16.6. The van der Waals surface area contributed by atoms with E-state index in [0.29, 0.717) is 0 Å². The van der Waals surface area contributed by atoms with Crippen LogP contribution in [0, 0.1) is 11.2 Å². The van der Waals surface area contributed by atoms with Crippen molar-refractivity contribution in [2.75, 3.05) is 24.5 Å². The Bertz CT molecular complexity index is 754. The Labute approximate surface area is 139 Å². The van der Waals surface area contributed by atoms with Crippen LogP contribution < -0.4 is 10.2 Å². The van der Waals surface area contributed by atoms with Gasteiger partial charge in [0.1, 0.15) is 12.1 Å². The largest absolute Gasteiger partial charge is 0.368 e. The molecule has 0 atom stereocenters. The molecular weight excluding hydrogens is 307 g/mol. The van der Waals surface area contributed by atoms with Crippen LogP contribution in [-0.2, 0) is 4.79 Å². The fourth-order valence-corrected chi connectivity index (χ4v) is 3.75. The van der Waals surface area contributed by atoms with E-state index in [1.165, 1.54) is 18.5 Å². The predicted octanol–water partition coefficient (Wildman–Crippen LogP) is 2.39. The lowest BCUT2D eigenvalue weighted by Crippen LogP contribution is -2.44. The van der Waals surface area contributed by atoms with Gasteiger partial charge in [-0.3, -0.25) is 4.79 Å². The maximum absolute atomic E-state index is 13.2. The van der Waals surface area contributed by atoms with Crippen molar-refractivity contribution in [3.8, 4) is 11.3 Å². The van der Waals surface area contributed by atoms with Crippen molar-refractivity contribution in [1.29, 1.82) is 0 Å². The molecule has 4 rings (SSSR count). The number of hydrogen-bond acceptors (Lipinski definition) is 4. The van der Waals surface area contributed by atoms with E-state index in [2.05, 4.69) is 20.2 Å². The van der Waals surface area contributed by atoms with Gasteiger partial charge in [0.05, 0.1) is 23.0 Å². The van der Waals surface area contributed by atoms with Crippen LogP contribution in [0.3, 0.4) is 0 Å². The number of aromatic nitrogens is 2. The Morgan fingerprint density at radius 1 is 1.12 bits per heavy atom. The molecule has 1 N–H and O–H groups in total. The summed E-state index contributed by atoms with van der Waals surface area (Å²) < 4.78 is 13.2. The highest BCUT2D eigenvalue weighted by atomic mass is 19.1. The first-order valence-corrected chi connectivity index (χ1v) is 8.27. The molecule has 6 heteroatoms. The fraction of sp³-hybridized carbons (Fsp3) is 0.389. The maximum atomic E-state index is 13.2. The summed E-state index contributed by atoms with van der Waals surface area (Å²) in [6.45, 7) is 2.39. The Morgan fingerprint density at radius 2 is 1.88 bits per heavy atom. The average molecular weight is 326 g/mol. The van der Waals surface area contributed by atoms with Crippen LogP contribution in [0.25, 0.3) is 11.3 Å². The molecule has 0 aliphatic carbocycles. The molecule has 0 unspecified atom stereocenters. The number of nitrogens with one attached hydrogen (secondary N) is 1. The lowest BCUT2D eigenvalue weighted by Gasteiger charge is -2.38. The Morgan fingerprint density at radius 3 is 2.54 bits per heavy atom. The third-order valence-corrected chi connectivity index (χ3v) is 5.24. The van der Waals surface area contributed by atoms with E-state index in [0.717, 1.165) is 55.8 Å². The molecule has 2 aliphatic heterocycles. The lowest BCUT2D eigenvalue weighted by molar-refractivity contribution is -0.128. The smallest absolute Gasteiger partial charge is 0.226 e. The molecule has 24 heavy (non-hydrogen) atoms. The predicted molar refractivity (Wildman–Crippen MR) is 88.9 cm³/mol. The number of halogens is 1. The number of nitrogens with zero attached hydrogens (tertiary/aromatic N) is 3. The van der Waals surface area contributed by atoms with E-state index >= 15 is 0 Å². The molecule has 124 valence electrons. The summed E-state index contributed by atoms with van der Waals surface area (Å²) in [5.74, 6) is -0.0632. The van der Waals surface area contributed by atoms with Crippen LogP contribution >= 0.6 is 0 Å². The summed E-state index contributed by atoms with van der Waals surface area (Å²) in [5, 5.41) is 2.96. The van der Waals surface area contributed by atoms with Gasteiger partial charge in [0.15, 0.2) is 0 Å². The van der Waals surface area contributed by atoms with Crippen molar-refractivity contribution in [3.63, 3.8) is 0 Å². The number of anilines is 1. The number of carbonyl (C=O) groups excluding carboxylic acids is 1. The minimum atomic E-state index is -0.262. The van der Waals surface area contributed by atoms with Crippen molar-refractivity contribution in [2.24, 2.45) is 5.41 Å². The van der Waals surface area contributed by atoms with Gasteiger partial charge >= 0.3 is 0 Å². The molecule has 1 amide bonds. The van der Waals surface area contributed by atoms with Crippen molar-refractivity contribution in [1.82, 2.24) is 15.3 Å². The van der Waals surface area contributed by atoms with Gasteiger partial charge in [-0.1, -0.05) is 0 Å². The quantitative estimate of drug-likeness (QED) is 0.921. The minimum absolute atomic E-state index is 0.192. The van der Waals surface area contributed by atoms with Gasteiger partial charge in [-0.15, -0.1) is 0 Å². The Balaban J connectivity index is 1.59. The zero-order valence-corrected chi connectivity index (χ0v) is 13.3. The molecule has 1 spiro atoms. The fourth-order valence-electron chi connectivity index (χ4n) is 3.75. The molecule has 1 aromatic heterocycles. The molecule has 1 aromatic carbocycles.